The molecule has 0 saturated carbocycles. The van der Waals surface area contributed by atoms with E-state index in [9.17, 15) is 18.0 Å². The number of carbonyl (C=O) groups is 2. The van der Waals surface area contributed by atoms with Crippen LogP contribution >= 0.6 is 11.8 Å². The lowest BCUT2D eigenvalue weighted by atomic mass is 9.99. The molecule has 2 amide bonds. The van der Waals surface area contributed by atoms with Crippen LogP contribution in [0.15, 0.2) is 0 Å². The molecular weight excluding hydrogens is 316 g/mol. The first kappa shape index (κ1) is 16.4. The van der Waals surface area contributed by atoms with E-state index in [1.807, 2.05) is 0 Å². The van der Waals surface area contributed by atoms with Gasteiger partial charge < -0.3 is 14.9 Å². The fraction of sp³-hybridized carbons (Fsp3) is 0.833. The van der Waals surface area contributed by atoms with Gasteiger partial charge in [-0.1, -0.05) is 6.92 Å². The van der Waals surface area contributed by atoms with E-state index in [-0.39, 0.29) is 18.5 Å². The van der Waals surface area contributed by atoms with Crippen molar-refractivity contribution in [2.24, 2.45) is 11.8 Å². The van der Waals surface area contributed by atoms with Gasteiger partial charge in [0.15, 0.2) is 9.84 Å². The fourth-order valence-corrected chi connectivity index (χ4v) is 5.59. The summed E-state index contributed by atoms with van der Waals surface area (Å²) in [5.74, 6) is -0.543. The van der Waals surface area contributed by atoms with Gasteiger partial charge in [-0.2, -0.15) is 11.8 Å². The van der Waals surface area contributed by atoms with E-state index in [2.05, 4.69) is 0 Å². The zero-order chi connectivity index (χ0) is 15.8. The predicted octanol–water partition coefficient (Wildman–Crippen LogP) is 0.178. The molecule has 0 aromatic carbocycles. The molecule has 1 N–H and O–H groups in total. The van der Waals surface area contributed by atoms with Crippen LogP contribution < -0.4 is 0 Å². The van der Waals surface area contributed by atoms with Gasteiger partial charge in [-0.3, -0.25) is 4.79 Å². The van der Waals surface area contributed by atoms with Gasteiger partial charge in [0.2, 0.25) is 0 Å². The number of aliphatic carboxylic acids is 1. The number of rotatable bonds is 2. The summed E-state index contributed by atoms with van der Waals surface area (Å²) in [6.45, 7) is 2.68. The Labute approximate surface area is 128 Å². The number of carbonyl (C=O) groups excluding carboxylic acids is 1. The maximum absolute atomic E-state index is 12.6. The second-order valence-electron chi connectivity index (χ2n) is 5.66. The summed E-state index contributed by atoms with van der Waals surface area (Å²) >= 11 is 1.51. The van der Waals surface area contributed by atoms with Crippen molar-refractivity contribution in [3.8, 4) is 0 Å². The third kappa shape index (κ3) is 3.45. The van der Waals surface area contributed by atoms with Crippen molar-refractivity contribution >= 4 is 33.6 Å². The molecule has 0 bridgehead atoms. The Kier molecular flexibility index (Phi) is 4.72. The van der Waals surface area contributed by atoms with Crippen molar-refractivity contribution in [2.45, 2.75) is 12.3 Å². The minimum atomic E-state index is -3.35. The van der Waals surface area contributed by atoms with Crippen LogP contribution in [0, 0.1) is 11.8 Å². The van der Waals surface area contributed by atoms with Gasteiger partial charge >= 0.3 is 12.0 Å². The smallest absolute Gasteiger partial charge is 0.321 e. The summed E-state index contributed by atoms with van der Waals surface area (Å²) in [4.78, 5) is 26.5. The molecule has 120 valence electrons. The van der Waals surface area contributed by atoms with Gasteiger partial charge in [0.05, 0.1) is 5.92 Å². The second kappa shape index (κ2) is 6.04. The molecule has 2 saturated heterocycles. The molecule has 3 atom stereocenters. The summed E-state index contributed by atoms with van der Waals surface area (Å²) < 4.78 is 23.7. The van der Waals surface area contributed by atoms with Crippen LogP contribution in [0.5, 0.6) is 0 Å². The number of urea groups is 1. The lowest BCUT2D eigenvalue weighted by Gasteiger charge is -2.36. The highest BCUT2D eigenvalue weighted by Gasteiger charge is 2.42. The Hall–Kier alpha value is -0.960. The van der Waals surface area contributed by atoms with Gasteiger partial charge in [0.25, 0.3) is 0 Å². The second-order valence-corrected chi connectivity index (χ2v) is 9.02. The lowest BCUT2D eigenvalue weighted by molar-refractivity contribution is -0.142. The molecule has 1 unspecified atom stereocenters. The van der Waals surface area contributed by atoms with E-state index < -0.39 is 27.1 Å². The number of nitrogens with zero attached hydrogens (tertiary/aromatic N) is 2. The van der Waals surface area contributed by atoms with Gasteiger partial charge in [-0.05, 0) is 5.92 Å². The minimum absolute atomic E-state index is 0.123. The average molecular weight is 336 g/mol. The number of likely N-dealkylation sites (tertiary alicyclic amines) is 1. The first-order valence-corrected chi connectivity index (χ1v) is 9.87. The highest BCUT2D eigenvalue weighted by Crippen LogP contribution is 2.27. The van der Waals surface area contributed by atoms with Gasteiger partial charge in [-0.15, -0.1) is 0 Å². The molecule has 2 fully saturated rings. The van der Waals surface area contributed by atoms with Crippen LogP contribution in [0.25, 0.3) is 0 Å². The number of thioether (sulfide) groups is 1. The van der Waals surface area contributed by atoms with Gasteiger partial charge in [-0.25, -0.2) is 13.2 Å². The van der Waals surface area contributed by atoms with Crippen molar-refractivity contribution in [1.29, 1.82) is 0 Å². The summed E-state index contributed by atoms with van der Waals surface area (Å²) in [7, 11) is -3.35. The Morgan fingerprint density at radius 3 is 2.48 bits per heavy atom. The summed E-state index contributed by atoms with van der Waals surface area (Å²) in [6, 6.07) is -0.360. The Balaban J connectivity index is 2.13. The zero-order valence-corrected chi connectivity index (χ0v) is 13.7. The Bertz CT molecular complexity index is 536. The highest BCUT2D eigenvalue weighted by atomic mass is 32.2. The number of sulfone groups is 1. The number of carboxylic acids is 1. The quantitative estimate of drug-likeness (QED) is 0.773. The Morgan fingerprint density at radius 2 is 1.95 bits per heavy atom. The Morgan fingerprint density at radius 1 is 1.29 bits per heavy atom. The van der Waals surface area contributed by atoms with E-state index in [1.165, 1.54) is 21.6 Å². The molecule has 0 aromatic heterocycles. The number of hydrogen-bond donors (Lipinski definition) is 1. The summed E-state index contributed by atoms with van der Waals surface area (Å²) in [5, 5.41) is 8.31. The van der Waals surface area contributed by atoms with Crippen molar-refractivity contribution in [2.75, 3.05) is 37.4 Å². The van der Waals surface area contributed by atoms with Gasteiger partial charge in [0.1, 0.15) is 5.37 Å². The molecule has 0 radical (unpaired) electrons. The molecule has 7 nitrogen and oxygen atoms in total. The largest absolute Gasteiger partial charge is 0.481 e. The predicted molar refractivity (Wildman–Crippen MR) is 79.9 cm³/mol. The van der Waals surface area contributed by atoms with E-state index in [0.29, 0.717) is 24.6 Å². The summed E-state index contributed by atoms with van der Waals surface area (Å²) in [6.07, 6.45) is 1.14. The highest BCUT2D eigenvalue weighted by molar-refractivity contribution is 8.00. The molecule has 0 aromatic rings. The van der Waals surface area contributed by atoms with Crippen LogP contribution in [0.1, 0.15) is 6.92 Å². The molecular formula is C12H20N2O5S2. The number of hydrogen-bond acceptors (Lipinski definition) is 5. The van der Waals surface area contributed by atoms with Gasteiger partial charge in [0, 0.05) is 37.4 Å². The minimum Gasteiger partial charge on any atom is -0.481 e. The maximum Gasteiger partial charge on any atom is 0.321 e. The van der Waals surface area contributed by atoms with E-state index >= 15 is 0 Å². The monoisotopic (exact) mass is 336 g/mol. The van der Waals surface area contributed by atoms with Crippen molar-refractivity contribution in [1.82, 2.24) is 9.80 Å². The third-order valence-corrected chi connectivity index (χ3v) is 6.67. The van der Waals surface area contributed by atoms with Crippen molar-refractivity contribution in [3.63, 3.8) is 0 Å². The first-order chi connectivity index (χ1) is 9.71. The number of carboxylic acid groups (broad SMARTS) is 1. The molecule has 2 heterocycles. The average Bonchev–Trinajstić information content (AvgIpc) is 2.79. The normalized spacial score (nSPS) is 30.5. The van der Waals surface area contributed by atoms with Crippen molar-refractivity contribution in [3.05, 3.63) is 0 Å². The van der Waals surface area contributed by atoms with E-state index in [4.69, 9.17) is 5.11 Å². The topological polar surface area (TPSA) is 95.0 Å². The summed E-state index contributed by atoms with van der Waals surface area (Å²) in [5.41, 5.74) is 0. The number of amides is 2. The molecule has 2 aliphatic rings. The molecule has 0 spiro atoms. The zero-order valence-electron chi connectivity index (χ0n) is 12.1. The molecule has 2 rings (SSSR count). The molecule has 9 heteroatoms. The maximum atomic E-state index is 12.6. The molecule has 21 heavy (non-hydrogen) atoms. The van der Waals surface area contributed by atoms with Crippen LogP contribution in [0.4, 0.5) is 4.79 Å². The molecule has 0 aliphatic carbocycles. The van der Waals surface area contributed by atoms with Crippen LogP contribution in [0.2, 0.25) is 0 Å². The third-order valence-electron chi connectivity index (χ3n) is 4.02. The fourth-order valence-electron chi connectivity index (χ4n) is 2.78. The van der Waals surface area contributed by atoms with E-state index in [1.54, 1.807) is 6.92 Å². The first-order valence-electron chi connectivity index (χ1n) is 6.76. The van der Waals surface area contributed by atoms with E-state index in [0.717, 1.165) is 6.26 Å². The van der Waals surface area contributed by atoms with Crippen molar-refractivity contribution < 1.29 is 23.1 Å². The van der Waals surface area contributed by atoms with Crippen LogP contribution in [-0.4, -0.2) is 78.1 Å². The molecule has 2 aliphatic heterocycles. The lowest BCUT2D eigenvalue weighted by Crippen LogP contribution is -2.54. The standard InChI is InChI=1S/C12H20N2O5S2/c1-8-5-13(6-9(8)11(15)16)12(17)14-3-4-20-7-10(14)21(2,18)19/h8-10H,3-7H2,1-2H3,(H,15,16)/t8-,9-,10?/m1/s1. The SMILES string of the molecule is C[C@@H]1CN(C(=O)N2CCSCC2S(C)(=O)=O)C[C@H]1C(=O)O. The van der Waals surface area contributed by atoms with Crippen LogP contribution in [0.3, 0.4) is 0 Å². The van der Waals surface area contributed by atoms with Crippen LogP contribution in [-0.2, 0) is 14.6 Å².